The Bertz CT molecular complexity index is 1200. The fourth-order valence-corrected chi connectivity index (χ4v) is 3.48. The molecule has 0 saturated carbocycles. The van der Waals surface area contributed by atoms with E-state index in [0.717, 1.165) is 33.4 Å². The van der Waals surface area contributed by atoms with Gasteiger partial charge in [0.15, 0.2) is 0 Å². The molecule has 32 heavy (non-hydrogen) atoms. The number of aromatic nitrogens is 2. The van der Waals surface area contributed by atoms with E-state index in [-0.39, 0.29) is 0 Å². The number of carboxylic acid groups (broad SMARTS) is 1. The van der Waals surface area contributed by atoms with Crippen molar-refractivity contribution >= 4 is 5.97 Å². The van der Waals surface area contributed by atoms with Gasteiger partial charge in [-0.15, -0.1) is 10.2 Å². The van der Waals surface area contributed by atoms with Crippen molar-refractivity contribution in [2.24, 2.45) is 0 Å². The average molecular weight is 429 g/mol. The van der Waals surface area contributed by atoms with Gasteiger partial charge >= 0.3 is 5.97 Å². The van der Waals surface area contributed by atoms with Crippen LogP contribution in [0.5, 0.6) is 0 Å². The summed E-state index contributed by atoms with van der Waals surface area (Å²) < 4.78 is 5.97. The molecule has 0 aliphatic rings. The lowest BCUT2D eigenvalue weighted by Gasteiger charge is -2.11. The van der Waals surface area contributed by atoms with Crippen LogP contribution in [0.1, 0.15) is 11.1 Å². The van der Waals surface area contributed by atoms with Crippen LogP contribution in [0.15, 0.2) is 77.2 Å². The maximum absolute atomic E-state index is 11.0. The van der Waals surface area contributed by atoms with Crippen LogP contribution in [-0.2, 0) is 11.3 Å². The lowest BCUT2D eigenvalue weighted by Crippen LogP contribution is -2.39. The highest BCUT2D eigenvalue weighted by Gasteiger charge is 2.16. The van der Waals surface area contributed by atoms with E-state index in [1.165, 1.54) is 0 Å². The Morgan fingerprint density at radius 2 is 1.59 bits per heavy atom. The Morgan fingerprint density at radius 1 is 0.906 bits per heavy atom. The first-order valence-electron chi connectivity index (χ1n) is 10.2. The number of aliphatic hydroxyl groups excluding tert-OH is 1. The van der Waals surface area contributed by atoms with Gasteiger partial charge in [0.2, 0.25) is 11.8 Å². The van der Waals surface area contributed by atoms with Crippen LogP contribution in [0.4, 0.5) is 0 Å². The molecule has 0 spiro atoms. The second-order valence-corrected chi connectivity index (χ2v) is 7.41. The molecule has 1 aromatic heterocycles. The summed E-state index contributed by atoms with van der Waals surface area (Å²) in [6.07, 6.45) is 0. The number of hydrogen-bond donors (Lipinski definition) is 3. The van der Waals surface area contributed by atoms with Crippen molar-refractivity contribution in [3.63, 3.8) is 0 Å². The minimum Gasteiger partial charge on any atom is -0.480 e. The highest BCUT2D eigenvalue weighted by atomic mass is 16.4. The summed E-state index contributed by atoms with van der Waals surface area (Å²) in [4.78, 5) is 11.0. The van der Waals surface area contributed by atoms with Crippen molar-refractivity contribution in [2.75, 3.05) is 6.61 Å². The summed E-state index contributed by atoms with van der Waals surface area (Å²) in [5.41, 5.74) is 5.83. The maximum atomic E-state index is 11.0. The van der Waals surface area contributed by atoms with Gasteiger partial charge in [0.25, 0.3) is 0 Å². The zero-order valence-corrected chi connectivity index (χ0v) is 17.5. The predicted molar refractivity (Wildman–Crippen MR) is 121 cm³/mol. The highest BCUT2D eigenvalue weighted by molar-refractivity contribution is 5.75. The zero-order valence-electron chi connectivity index (χ0n) is 17.5. The molecule has 1 atom stereocenters. The SMILES string of the molecule is Cc1c(-c2ccccc2)cccc1-c1nnc(-c2ccc(CNC(CO)C(=O)O)cc2)o1. The summed E-state index contributed by atoms with van der Waals surface area (Å²) in [6.45, 7) is 1.89. The quantitative estimate of drug-likeness (QED) is 0.390. The molecule has 162 valence electrons. The number of carboxylic acids is 1. The van der Waals surface area contributed by atoms with Crippen molar-refractivity contribution in [1.29, 1.82) is 0 Å². The van der Waals surface area contributed by atoms with Gasteiger partial charge in [-0.2, -0.15) is 0 Å². The van der Waals surface area contributed by atoms with Gasteiger partial charge in [-0.1, -0.05) is 54.6 Å². The summed E-state index contributed by atoms with van der Waals surface area (Å²) in [5.74, 6) is -0.231. The van der Waals surface area contributed by atoms with Gasteiger partial charge in [-0.05, 0) is 47.4 Å². The summed E-state index contributed by atoms with van der Waals surface area (Å²) in [7, 11) is 0. The van der Waals surface area contributed by atoms with Gasteiger partial charge in [0.05, 0.1) is 6.61 Å². The molecule has 0 aliphatic heterocycles. The second-order valence-electron chi connectivity index (χ2n) is 7.41. The first kappa shape index (κ1) is 21.4. The zero-order chi connectivity index (χ0) is 22.5. The largest absolute Gasteiger partial charge is 0.480 e. The fourth-order valence-electron chi connectivity index (χ4n) is 3.48. The van der Waals surface area contributed by atoms with Gasteiger partial charge in [0, 0.05) is 17.7 Å². The third-order valence-electron chi connectivity index (χ3n) is 5.31. The first-order valence-corrected chi connectivity index (χ1v) is 10.2. The fraction of sp³-hybridized carbons (Fsp3) is 0.160. The van der Waals surface area contributed by atoms with E-state index in [1.54, 1.807) is 0 Å². The third kappa shape index (κ3) is 4.59. The molecule has 0 fully saturated rings. The molecule has 3 aromatic carbocycles. The number of nitrogens with one attached hydrogen (secondary N) is 1. The van der Waals surface area contributed by atoms with Gasteiger partial charge in [0.1, 0.15) is 6.04 Å². The molecule has 7 nitrogen and oxygen atoms in total. The van der Waals surface area contributed by atoms with Crippen molar-refractivity contribution in [1.82, 2.24) is 15.5 Å². The second kappa shape index (κ2) is 9.55. The van der Waals surface area contributed by atoms with Gasteiger partial charge in [-0.3, -0.25) is 10.1 Å². The molecule has 0 aliphatic carbocycles. The van der Waals surface area contributed by atoms with Crippen LogP contribution in [0.3, 0.4) is 0 Å². The van der Waals surface area contributed by atoms with E-state index in [0.29, 0.717) is 18.3 Å². The van der Waals surface area contributed by atoms with Crippen LogP contribution in [-0.4, -0.2) is 39.0 Å². The molecule has 3 N–H and O–H groups in total. The minimum atomic E-state index is -1.09. The first-order chi connectivity index (χ1) is 15.6. The minimum absolute atomic E-state index is 0.318. The molecule has 0 saturated heterocycles. The number of benzene rings is 3. The predicted octanol–water partition coefficient (Wildman–Crippen LogP) is 3.91. The van der Waals surface area contributed by atoms with Crippen LogP contribution in [0, 0.1) is 6.92 Å². The Balaban J connectivity index is 1.53. The Labute approximate surface area is 185 Å². The summed E-state index contributed by atoms with van der Waals surface area (Å²) in [5, 5.41) is 29.3. The number of hydrogen-bond acceptors (Lipinski definition) is 6. The van der Waals surface area contributed by atoms with Crippen LogP contribution < -0.4 is 5.32 Å². The Morgan fingerprint density at radius 3 is 2.28 bits per heavy atom. The summed E-state index contributed by atoms with van der Waals surface area (Å²) >= 11 is 0. The molecule has 0 amide bonds. The van der Waals surface area contributed by atoms with Crippen molar-refractivity contribution in [3.8, 4) is 34.0 Å². The number of carbonyl (C=O) groups is 1. The van der Waals surface area contributed by atoms with Crippen LogP contribution >= 0.6 is 0 Å². The number of rotatable bonds is 8. The van der Waals surface area contributed by atoms with Gasteiger partial charge in [-0.25, -0.2) is 0 Å². The van der Waals surface area contributed by atoms with Crippen LogP contribution in [0.2, 0.25) is 0 Å². The van der Waals surface area contributed by atoms with E-state index >= 15 is 0 Å². The Hall–Kier alpha value is -3.81. The maximum Gasteiger partial charge on any atom is 0.323 e. The monoisotopic (exact) mass is 429 g/mol. The molecular weight excluding hydrogens is 406 g/mol. The van der Waals surface area contributed by atoms with E-state index < -0.39 is 18.6 Å². The lowest BCUT2D eigenvalue weighted by atomic mass is 9.96. The number of aliphatic hydroxyl groups is 1. The Kier molecular flexibility index (Phi) is 6.39. The van der Waals surface area contributed by atoms with E-state index in [1.807, 2.05) is 61.5 Å². The standard InChI is InChI=1S/C25H23N3O4/c1-16-20(18-6-3-2-4-7-18)8-5-9-21(16)24-28-27-23(32-24)19-12-10-17(11-13-19)14-26-22(15-29)25(30)31/h2-13,22,26,29H,14-15H2,1H3,(H,30,31). The molecule has 4 rings (SSSR count). The van der Waals surface area contributed by atoms with Crippen molar-refractivity contribution in [2.45, 2.75) is 19.5 Å². The van der Waals surface area contributed by atoms with Gasteiger partial charge < -0.3 is 14.6 Å². The highest BCUT2D eigenvalue weighted by Crippen LogP contribution is 2.32. The lowest BCUT2D eigenvalue weighted by molar-refractivity contribution is -0.140. The smallest absolute Gasteiger partial charge is 0.323 e. The molecule has 4 aromatic rings. The molecule has 0 radical (unpaired) electrons. The molecular formula is C25H23N3O4. The topological polar surface area (TPSA) is 108 Å². The van der Waals surface area contributed by atoms with E-state index in [9.17, 15) is 4.79 Å². The number of nitrogens with zero attached hydrogens (tertiary/aromatic N) is 2. The van der Waals surface area contributed by atoms with E-state index in [4.69, 9.17) is 14.6 Å². The van der Waals surface area contributed by atoms with E-state index in [2.05, 4.69) is 33.7 Å². The molecule has 0 bridgehead atoms. The summed E-state index contributed by atoms with van der Waals surface area (Å²) in [6, 6.07) is 22.6. The molecule has 7 heteroatoms. The molecule has 1 heterocycles. The van der Waals surface area contributed by atoms with Crippen LogP contribution in [0.25, 0.3) is 34.0 Å². The number of aliphatic carboxylic acids is 1. The third-order valence-corrected chi connectivity index (χ3v) is 5.31. The molecule has 1 unspecified atom stereocenters. The average Bonchev–Trinajstić information content (AvgIpc) is 3.30. The van der Waals surface area contributed by atoms with Crippen molar-refractivity contribution in [3.05, 3.63) is 83.9 Å². The normalized spacial score (nSPS) is 11.9. The van der Waals surface area contributed by atoms with Crippen molar-refractivity contribution < 1.29 is 19.4 Å².